The quantitative estimate of drug-likeness (QED) is 0.700. The number of carboxylic acids is 1. The molecule has 1 heterocycles. The van der Waals surface area contributed by atoms with Gasteiger partial charge in [-0.15, -0.1) is 0 Å². The SMILES string of the molecule is CC1OB(O)c2cc(OCC(=O)O)ccc21. The number of ether oxygens (including phenoxy) is 1. The van der Waals surface area contributed by atoms with Crippen molar-refractivity contribution in [3.63, 3.8) is 0 Å². The lowest BCUT2D eigenvalue weighted by molar-refractivity contribution is -0.139. The Morgan fingerprint density at radius 3 is 3.06 bits per heavy atom. The Morgan fingerprint density at radius 2 is 2.38 bits per heavy atom. The summed E-state index contributed by atoms with van der Waals surface area (Å²) in [5.74, 6) is -0.622. The molecule has 2 rings (SSSR count). The van der Waals surface area contributed by atoms with Gasteiger partial charge in [-0.1, -0.05) is 6.07 Å². The summed E-state index contributed by atoms with van der Waals surface area (Å²) in [5, 5.41) is 18.0. The first kappa shape index (κ1) is 11.0. The molecule has 0 spiro atoms. The Labute approximate surface area is 92.8 Å². The van der Waals surface area contributed by atoms with Gasteiger partial charge in [0.15, 0.2) is 6.61 Å². The maximum atomic E-state index is 10.3. The second kappa shape index (κ2) is 4.15. The standard InChI is InChI=1S/C10H11BO5/c1-6-8-3-2-7(15-5-10(12)13)4-9(8)11(14)16-6/h2-4,6,14H,5H2,1H3,(H,12,13). The van der Waals surface area contributed by atoms with Crippen molar-refractivity contribution in [2.45, 2.75) is 13.0 Å². The number of carboxylic acid groups (broad SMARTS) is 1. The molecule has 1 unspecified atom stereocenters. The van der Waals surface area contributed by atoms with Gasteiger partial charge in [-0.05, 0) is 30.1 Å². The third kappa shape index (κ3) is 2.03. The summed E-state index contributed by atoms with van der Waals surface area (Å²) in [7, 11) is -0.960. The fourth-order valence-electron chi connectivity index (χ4n) is 1.71. The van der Waals surface area contributed by atoms with Crippen molar-refractivity contribution >= 4 is 18.6 Å². The molecule has 0 radical (unpaired) electrons. The molecule has 16 heavy (non-hydrogen) atoms. The molecule has 6 heteroatoms. The topological polar surface area (TPSA) is 76.0 Å². The van der Waals surface area contributed by atoms with Gasteiger partial charge in [0.1, 0.15) is 5.75 Å². The molecule has 1 aromatic rings. The van der Waals surface area contributed by atoms with Crippen LogP contribution in [0.15, 0.2) is 18.2 Å². The van der Waals surface area contributed by atoms with E-state index < -0.39 is 19.7 Å². The fourth-order valence-corrected chi connectivity index (χ4v) is 1.71. The van der Waals surface area contributed by atoms with Gasteiger partial charge in [-0.2, -0.15) is 0 Å². The first-order valence-electron chi connectivity index (χ1n) is 4.90. The molecule has 1 aliphatic rings. The lowest BCUT2D eigenvalue weighted by Gasteiger charge is -2.06. The zero-order valence-electron chi connectivity index (χ0n) is 8.71. The summed E-state index contributed by atoms with van der Waals surface area (Å²) in [6.45, 7) is 1.44. The summed E-state index contributed by atoms with van der Waals surface area (Å²) < 4.78 is 10.2. The van der Waals surface area contributed by atoms with E-state index in [0.29, 0.717) is 11.2 Å². The van der Waals surface area contributed by atoms with Crippen molar-refractivity contribution in [1.29, 1.82) is 0 Å². The van der Waals surface area contributed by atoms with Crippen LogP contribution in [0.4, 0.5) is 0 Å². The van der Waals surface area contributed by atoms with Crippen molar-refractivity contribution < 1.29 is 24.3 Å². The van der Waals surface area contributed by atoms with Gasteiger partial charge in [0.2, 0.25) is 0 Å². The third-order valence-corrected chi connectivity index (χ3v) is 2.46. The number of rotatable bonds is 3. The summed E-state index contributed by atoms with van der Waals surface area (Å²) in [5.41, 5.74) is 1.53. The summed E-state index contributed by atoms with van der Waals surface area (Å²) in [6.07, 6.45) is -0.154. The molecule has 0 aliphatic carbocycles. The molecule has 5 nitrogen and oxygen atoms in total. The van der Waals surface area contributed by atoms with Gasteiger partial charge in [-0.25, -0.2) is 4.79 Å². The average molecular weight is 222 g/mol. The monoisotopic (exact) mass is 222 g/mol. The van der Waals surface area contributed by atoms with Gasteiger partial charge in [-0.3, -0.25) is 0 Å². The minimum absolute atomic E-state index is 0.154. The number of hydrogen-bond donors (Lipinski definition) is 2. The fraction of sp³-hybridized carbons (Fsp3) is 0.300. The molecule has 1 atom stereocenters. The predicted octanol–water partition coefficient (Wildman–Crippen LogP) is -0.0713. The molecular weight excluding hydrogens is 211 g/mol. The highest BCUT2D eigenvalue weighted by atomic mass is 16.5. The predicted molar refractivity (Wildman–Crippen MR) is 56.7 cm³/mol. The van der Waals surface area contributed by atoms with Crippen LogP contribution >= 0.6 is 0 Å². The van der Waals surface area contributed by atoms with Crippen LogP contribution in [-0.2, 0) is 9.45 Å². The number of hydrogen-bond acceptors (Lipinski definition) is 4. The van der Waals surface area contributed by atoms with Crippen LogP contribution in [-0.4, -0.2) is 29.8 Å². The highest BCUT2D eigenvalue weighted by Crippen LogP contribution is 2.24. The molecule has 0 aromatic heterocycles. The zero-order chi connectivity index (χ0) is 11.7. The lowest BCUT2D eigenvalue weighted by Crippen LogP contribution is -2.28. The number of carbonyl (C=O) groups is 1. The molecule has 0 saturated heterocycles. The summed E-state index contributed by atoms with van der Waals surface area (Å²) >= 11 is 0. The van der Waals surface area contributed by atoms with Crippen molar-refractivity contribution in [3.8, 4) is 5.75 Å². The molecule has 0 amide bonds. The second-order valence-electron chi connectivity index (χ2n) is 3.60. The average Bonchev–Trinajstić information content (AvgIpc) is 2.52. The molecule has 84 valence electrons. The first-order valence-corrected chi connectivity index (χ1v) is 4.90. The van der Waals surface area contributed by atoms with Crippen LogP contribution in [0, 0.1) is 0 Å². The largest absolute Gasteiger partial charge is 0.492 e. The second-order valence-corrected chi connectivity index (χ2v) is 3.60. The van der Waals surface area contributed by atoms with E-state index in [4.69, 9.17) is 14.5 Å². The van der Waals surface area contributed by atoms with Crippen molar-refractivity contribution in [1.82, 2.24) is 0 Å². The van der Waals surface area contributed by atoms with E-state index in [0.717, 1.165) is 5.56 Å². The van der Waals surface area contributed by atoms with E-state index in [1.54, 1.807) is 18.2 Å². The number of aliphatic carboxylic acids is 1. The van der Waals surface area contributed by atoms with E-state index >= 15 is 0 Å². The minimum atomic E-state index is -1.04. The van der Waals surface area contributed by atoms with Crippen LogP contribution in [0.3, 0.4) is 0 Å². The highest BCUT2D eigenvalue weighted by molar-refractivity contribution is 6.61. The smallest absolute Gasteiger partial charge is 0.482 e. The van der Waals surface area contributed by atoms with E-state index in [2.05, 4.69) is 0 Å². The maximum absolute atomic E-state index is 10.3. The van der Waals surface area contributed by atoms with E-state index in [9.17, 15) is 9.82 Å². The van der Waals surface area contributed by atoms with Crippen molar-refractivity contribution in [2.75, 3.05) is 6.61 Å². The Kier molecular flexibility index (Phi) is 2.85. The number of benzene rings is 1. The van der Waals surface area contributed by atoms with Gasteiger partial charge < -0.3 is 19.5 Å². The van der Waals surface area contributed by atoms with E-state index in [1.807, 2.05) is 6.92 Å². The molecule has 1 aromatic carbocycles. The van der Waals surface area contributed by atoms with Gasteiger partial charge >= 0.3 is 13.1 Å². The molecular formula is C10H11BO5. The first-order chi connectivity index (χ1) is 7.58. The Bertz CT molecular complexity index is 420. The van der Waals surface area contributed by atoms with Gasteiger partial charge in [0, 0.05) is 0 Å². The Balaban J connectivity index is 2.19. The van der Waals surface area contributed by atoms with Crippen LogP contribution in [0.2, 0.25) is 0 Å². The van der Waals surface area contributed by atoms with Gasteiger partial charge in [0.05, 0.1) is 6.10 Å². The number of fused-ring (bicyclic) bond motifs is 1. The zero-order valence-corrected chi connectivity index (χ0v) is 8.71. The normalized spacial score (nSPS) is 18.4. The Morgan fingerprint density at radius 1 is 1.62 bits per heavy atom. The van der Waals surface area contributed by atoms with E-state index in [-0.39, 0.29) is 6.10 Å². The molecule has 0 fully saturated rings. The molecule has 0 saturated carbocycles. The molecule has 2 N–H and O–H groups in total. The Hall–Kier alpha value is -1.53. The van der Waals surface area contributed by atoms with Crippen LogP contribution in [0.1, 0.15) is 18.6 Å². The van der Waals surface area contributed by atoms with Gasteiger partial charge in [0.25, 0.3) is 0 Å². The highest BCUT2D eigenvalue weighted by Gasteiger charge is 2.32. The molecule has 1 aliphatic heterocycles. The molecule has 0 bridgehead atoms. The maximum Gasteiger partial charge on any atom is 0.492 e. The van der Waals surface area contributed by atoms with Crippen LogP contribution in [0.5, 0.6) is 5.75 Å². The third-order valence-electron chi connectivity index (χ3n) is 2.46. The van der Waals surface area contributed by atoms with Crippen molar-refractivity contribution in [3.05, 3.63) is 23.8 Å². The minimum Gasteiger partial charge on any atom is -0.482 e. The van der Waals surface area contributed by atoms with Crippen LogP contribution in [0.25, 0.3) is 0 Å². The lowest BCUT2D eigenvalue weighted by atomic mass is 9.79. The van der Waals surface area contributed by atoms with Crippen LogP contribution < -0.4 is 10.2 Å². The summed E-state index contributed by atoms with van der Waals surface area (Å²) in [4.78, 5) is 10.3. The van der Waals surface area contributed by atoms with E-state index in [1.165, 1.54) is 0 Å². The van der Waals surface area contributed by atoms with Crippen molar-refractivity contribution in [2.24, 2.45) is 0 Å². The summed E-state index contributed by atoms with van der Waals surface area (Å²) in [6, 6.07) is 5.04.